The number of rotatable bonds is 30. The third-order valence-corrected chi connectivity index (χ3v) is 21.7. The molecule has 10 aliphatic rings. The molecule has 44 heteroatoms. The number of nitrogens with one attached hydrogen (secondary N) is 3. The first-order chi connectivity index (χ1) is 51.4. The number of hydrogen-bond acceptors (Lipinski definition) is 43. The Morgan fingerprint density at radius 3 is 1.16 bits per heavy atom. The number of likely N-dealkylation sites (tertiary alicyclic amines) is 1. The molecule has 0 aromatic heterocycles. The van der Waals surface area contributed by atoms with Crippen molar-refractivity contribution in [3.05, 3.63) is 0 Å². The highest BCUT2D eigenvalue weighted by molar-refractivity contribution is 5.91. The predicted octanol–water partition coefficient (Wildman–Crippen LogP) is -15.7. The van der Waals surface area contributed by atoms with Crippen LogP contribution in [0.3, 0.4) is 0 Å². The molecule has 10 fully saturated rings. The van der Waals surface area contributed by atoms with Gasteiger partial charge in [0.15, 0.2) is 54.9 Å². The van der Waals surface area contributed by atoms with Crippen molar-refractivity contribution in [2.75, 3.05) is 91.9 Å². The standard InChI is InChI=1S/C35H64N6O17.C30H56N6O15/c1-34(2,3)58-33(50)41-12-35(51,13-41)21(45)7-14-6-15(37)27(55-30-16(38)8-17(44)19(53-30)10-40-4-5-42)29(23(14)46)57-32-26(49)28(20(11-43)54-32)56-31-22(39)25(48)24(47)18(9-36)52-31;31-6-15-21(42)22(43)19(34)28(46-15)50-25-17(8-38)48-29(23(25)44)51-26-20(41)11(4-18(40)30(45)9-36-10-30)3-12(32)24(26)49-27-13(33)5-14(39)16(47-27)7-35-1-2-37/h14-20,22-32,40,42-44,46-49,51H,4-13,36-39H2,1-3H3;11-17,19-29,35-39,41-45H,1-10,31-34H2/t14-,15-,16+,17-,18-,19+,20+,22+,23-,24+,25+,26+,27+,28+,29+,30+,31+,32-;11-,12-,13+,14-,15-,16+,17+,19+,20-,21+,22+,23+,24+,25+,26+,27+,28+,29-/m00/s1. The van der Waals surface area contributed by atoms with Gasteiger partial charge in [-0.25, -0.2) is 4.79 Å². The topological polar surface area (TPSA) is 742 Å². The minimum atomic E-state index is -1.93. The molecule has 109 heavy (non-hydrogen) atoms. The van der Waals surface area contributed by atoms with E-state index in [0.29, 0.717) is 0 Å². The van der Waals surface area contributed by atoms with E-state index in [2.05, 4.69) is 16.0 Å². The molecular weight excluding hydrogens is 1460 g/mol. The average Bonchev–Trinajstić information content (AvgIpc) is 1.30. The van der Waals surface area contributed by atoms with Gasteiger partial charge < -0.3 is 210 Å². The normalized spacial score (nSPS) is 45.1. The molecule has 36 atom stereocenters. The van der Waals surface area contributed by atoms with Crippen LogP contribution in [0.15, 0.2) is 0 Å². The molecule has 10 rings (SSSR count). The van der Waals surface area contributed by atoms with Gasteiger partial charge in [0.1, 0.15) is 109 Å². The van der Waals surface area contributed by atoms with Crippen molar-refractivity contribution in [1.82, 2.24) is 20.9 Å². The van der Waals surface area contributed by atoms with Gasteiger partial charge in [-0.2, -0.15) is 0 Å². The smallest absolute Gasteiger partial charge is 0.410 e. The number of ether oxygens (including phenoxy) is 13. The van der Waals surface area contributed by atoms with Crippen LogP contribution in [0.2, 0.25) is 0 Å². The first-order valence-electron chi connectivity index (χ1n) is 37.1. The van der Waals surface area contributed by atoms with Crippen LogP contribution in [0.4, 0.5) is 4.79 Å². The molecule has 2 aliphatic carbocycles. The number of carbonyl (C=O) groups excluding carboxylic acids is 3. The Morgan fingerprint density at radius 2 is 0.807 bits per heavy atom. The van der Waals surface area contributed by atoms with Crippen molar-refractivity contribution in [2.45, 2.75) is 284 Å². The van der Waals surface area contributed by atoms with Crippen molar-refractivity contribution in [3.63, 3.8) is 0 Å². The lowest BCUT2D eigenvalue weighted by molar-refractivity contribution is -0.299. The Kier molecular flexibility index (Phi) is 32.1. The van der Waals surface area contributed by atoms with Crippen LogP contribution in [-0.2, 0) is 71.2 Å². The van der Waals surface area contributed by atoms with Gasteiger partial charge >= 0.3 is 6.09 Å². The Balaban J connectivity index is 0.000000253. The summed E-state index contributed by atoms with van der Waals surface area (Å²) < 4.78 is 77.1. The van der Waals surface area contributed by atoms with Gasteiger partial charge in [0.2, 0.25) is 0 Å². The van der Waals surface area contributed by atoms with Gasteiger partial charge in [0, 0.05) is 77.3 Å². The maximum atomic E-state index is 13.6. The highest BCUT2D eigenvalue weighted by atomic mass is 16.8. The average molecular weight is 1580 g/mol. The number of carbonyl (C=O) groups is 3. The van der Waals surface area contributed by atoms with Gasteiger partial charge in [-0.05, 0) is 58.3 Å². The van der Waals surface area contributed by atoms with Crippen LogP contribution in [0.25, 0.3) is 0 Å². The lowest BCUT2D eigenvalue weighted by Crippen LogP contribution is -2.68. The fourth-order valence-corrected chi connectivity index (χ4v) is 15.2. The first kappa shape index (κ1) is 90.0. The molecule has 0 spiro atoms. The molecule has 8 heterocycles. The SMILES string of the molecule is CC(C)(C)OC(=O)N1CC(O)(C(=O)C[C@@H]2C[C@H](N)[C@@H](O[C@H]3O[C@H](CNCCO)[C@@H](O)C[C@H]3N)[C@H](O[C@@H]3O[C@H](CO)[C@@H](O[C@H]4O[C@@H](CN)[C@@H](O)[C@H](O)[C@H]4N)[C@H]3O)[C@H]2O)C1.NC[C@@H]1O[C@H](O[C@H]2[C@@H](O)[C@H](O[C@@H]3[C@@H](O)[C@H](CC(=O)C4(O)CNC4)C[C@H](N)[C@H]3O[C@H]3O[C@H](CNCCO)[C@@H](O)C[C@H]3N)O[C@@H]2CO)[C@H](N)[C@@H](O)[C@@H]1O. The monoisotopic (exact) mass is 1580 g/mol. The highest BCUT2D eigenvalue weighted by Gasteiger charge is 2.59. The molecule has 0 aromatic rings. The van der Waals surface area contributed by atoms with Crippen LogP contribution in [0.5, 0.6) is 0 Å². The lowest BCUT2D eigenvalue weighted by atomic mass is 9.74. The summed E-state index contributed by atoms with van der Waals surface area (Å²) in [6.07, 6.45) is -38.1. The summed E-state index contributed by atoms with van der Waals surface area (Å²) in [4.78, 5) is 40.3. The summed E-state index contributed by atoms with van der Waals surface area (Å²) in [5.41, 5.74) is 45.1. The van der Waals surface area contributed by atoms with E-state index in [0.717, 1.165) is 0 Å². The number of nitrogens with zero attached hydrogens (tertiary/aromatic N) is 1. The van der Waals surface area contributed by atoms with Crippen LogP contribution in [-0.4, -0.2) is 421 Å². The quantitative estimate of drug-likeness (QED) is 0.0297. The minimum Gasteiger partial charge on any atom is -0.444 e. The van der Waals surface area contributed by atoms with Gasteiger partial charge in [-0.1, -0.05) is 0 Å². The minimum absolute atomic E-state index is 0.0398. The molecule has 632 valence electrons. The summed E-state index contributed by atoms with van der Waals surface area (Å²) in [5, 5.41) is 178. The van der Waals surface area contributed by atoms with Crippen molar-refractivity contribution in [2.24, 2.45) is 57.7 Å². The summed E-state index contributed by atoms with van der Waals surface area (Å²) in [6, 6.07) is -6.21. The van der Waals surface area contributed by atoms with Gasteiger partial charge in [0.05, 0.1) is 100 Å². The largest absolute Gasteiger partial charge is 0.444 e. The molecule has 8 aliphatic heterocycles. The van der Waals surface area contributed by atoms with Crippen molar-refractivity contribution in [1.29, 1.82) is 0 Å². The molecular formula is C65H120N12O32. The molecule has 0 unspecified atom stereocenters. The highest BCUT2D eigenvalue weighted by Crippen LogP contribution is 2.42. The van der Waals surface area contributed by atoms with Crippen LogP contribution >= 0.6 is 0 Å². The van der Waals surface area contributed by atoms with E-state index in [1.807, 2.05) is 0 Å². The second kappa shape index (κ2) is 38.9. The van der Waals surface area contributed by atoms with E-state index in [1.54, 1.807) is 20.8 Å². The zero-order valence-corrected chi connectivity index (χ0v) is 61.2. The molecule has 0 bridgehead atoms. The molecule has 2 saturated carbocycles. The fourth-order valence-electron chi connectivity index (χ4n) is 15.2. The third kappa shape index (κ3) is 21.1. The maximum absolute atomic E-state index is 13.6. The molecule has 0 radical (unpaired) electrons. The lowest BCUT2D eigenvalue weighted by Gasteiger charge is -2.48. The van der Waals surface area contributed by atoms with Crippen LogP contribution in [0, 0.1) is 11.8 Å². The third-order valence-electron chi connectivity index (χ3n) is 21.7. The van der Waals surface area contributed by atoms with E-state index in [-0.39, 0.29) is 111 Å². The number of aliphatic hydroxyl groups is 16. The van der Waals surface area contributed by atoms with Gasteiger partial charge in [-0.15, -0.1) is 0 Å². The summed E-state index contributed by atoms with van der Waals surface area (Å²) in [7, 11) is 0. The maximum Gasteiger partial charge on any atom is 0.410 e. The Morgan fingerprint density at radius 1 is 0.450 bits per heavy atom. The molecule has 44 nitrogen and oxygen atoms in total. The van der Waals surface area contributed by atoms with Crippen LogP contribution < -0.4 is 61.8 Å². The molecule has 8 saturated heterocycles. The van der Waals surface area contributed by atoms with Gasteiger partial charge in [0.25, 0.3) is 0 Å². The summed E-state index contributed by atoms with van der Waals surface area (Å²) in [5.74, 6) is -2.96. The first-order valence-corrected chi connectivity index (χ1v) is 37.1. The number of amides is 1. The Hall–Kier alpha value is -2.95. The second-order valence-corrected chi connectivity index (χ2v) is 31.1. The zero-order valence-electron chi connectivity index (χ0n) is 61.2. The number of aliphatic hydroxyl groups excluding tert-OH is 14. The van der Waals surface area contributed by atoms with Crippen molar-refractivity contribution < 1.29 is 158 Å². The molecule has 35 N–H and O–H groups in total. The number of nitrogens with two attached hydrogens (primary N) is 8. The van der Waals surface area contributed by atoms with Crippen molar-refractivity contribution >= 4 is 17.7 Å². The Bertz CT molecular complexity index is 2850. The van der Waals surface area contributed by atoms with Gasteiger partial charge in [-0.3, -0.25) is 9.59 Å². The molecule has 0 aromatic carbocycles. The van der Waals surface area contributed by atoms with Crippen molar-refractivity contribution in [3.8, 4) is 0 Å². The van der Waals surface area contributed by atoms with E-state index in [9.17, 15) is 91.0 Å². The number of β-amino-alcohol motifs (C(OH)–C–C–N with tert-alkyl or cyclic N) is 2. The number of Topliss-reactive ketones (excluding diaryl/α,β-unsaturated/α-hetero) is 2. The van der Waals surface area contributed by atoms with E-state index < -0.39 is 274 Å². The van der Waals surface area contributed by atoms with E-state index in [1.165, 1.54) is 4.90 Å². The summed E-state index contributed by atoms with van der Waals surface area (Å²) >= 11 is 0. The number of hydrogen-bond donors (Lipinski definition) is 27. The fraction of sp³-hybridized carbons (Fsp3) is 0.954. The Labute approximate surface area is 628 Å². The van der Waals surface area contributed by atoms with E-state index in [4.69, 9.17) is 113 Å². The predicted molar refractivity (Wildman–Crippen MR) is 367 cm³/mol. The number of ketones is 2. The molecule has 1 amide bonds. The summed E-state index contributed by atoms with van der Waals surface area (Å²) in [6.45, 7) is 3.21. The zero-order chi connectivity index (χ0) is 80.0. The van der Waals surface area contributed by atoms with E-state index >= 15 is 0 Å². The van der Waals surface area contributed by atoms with Crippen LogP contribution in [0.1, 0.15) is 59.3 Å². The second-order valence-electron chi connectivity index (χ2n) is 31.1.